The highest BCUT2D eigenvalue weighted by molar-refractivity contribution is 9.10. The molecular formula is C20H11BrN4O2S2. The van der Waals surface area contributed by atoms with E-state index in [2.05, 4.69) is 30.9 Å². The first kappa shape index (κ1) is 18.2. The quantitative estimate of drug-likeness (QED) is 0.487. The van der Waals surface area contributed by atoms with Gasteiger partial charge in [-0.15, -0.1) is 11.3 Å². The minimum absolute atomic E-state index is 0.0529. The van der Waals surface area contributed by atoms with E-state index in [1.54, 1.807) is 16.8 Å². The molecule has 1 aliphatic rings. The number of para-hydroxylation sites is 1. The number of fused-ring (bicyclic) bond motifs is 1. The SMILES string of the molecule is O=C1N=c2ccc(Br)cc2=C1c1s/c(=N/c2nccs2)n(-c2ccccc2)c1O. The van der Waals surface area contributed by atoms with Gasteiger partial charge in [0, 0.05) is 21.3 Å². The van der Waals surface area contributed by atoms with E-state index in [1.807, 2.05) is 47.8 Å². The number of thiazole rings is 2. The Labute approximate surface area is 180 Å². The molecule has 0 saturated carbocycles. The number of amides is 1. The largest absolute Gasteiger partial charge is 0.493 e. The lowest BCUT2D eigenvalue weighted by Gasteiger charge is -2.05. The van der Waals surface area contributed by atoms with E-state index in [-0.39, 0.29) is 11.8 Å². The zero-order chi connectivity index (χ0) is 20.0. The molecule has 142 valence electrons. The van der Waals surface area contributed by atoms with Crippen LogP contribution in [-0.2, 0) is 4.79 Å². The molecule has 0 fully saturated rings. The van der Waals surface area contributed by atoms with Crippen molar-refractivity contribution in [3.63, 3.8) is 0 Å². The van der Waals surface area contributed by atoms with E-state index in [9.17, 15) is 9.90 Å². The number of benzene rings is 2. The number of rotatable bonds is 3. The molecule has 2 aromatic heterocycles. The van der Waals surface area contributed by atoms with E-state index in [0.717, 1.165) is 10.2 Å². The number of carbonyl (C=O) groups is 1. The average Bonchev–Trinajstić information content (AvgIpc) is 3.41. The third-order valence-electron chi connectivity index (χ3n) is 4.32. The Morgan fingerprint density at radius 2 is 1.97 bits per heavy atom. The molecule has 29 heavy (non-hydrogen) atoms. The van der Waals surface area contributed by atoms with Crippen LogP contribution in [0.3, 0.4) is 0 Å². The van der Waals surface area contributed by atoms with Crippen molar-refractivity contribution in [2.45, 2.75) is 0 Å². The second-order valence-electron chi connectivity index (χ2n) is 6.09. The van der Waals surface area contributed by atoms with Crippen LogP contribution in [0.5, 0.6) is 5.88 Å². The van der Waals surface area contributed by atoms with Crippen molar-refractivity contribution in [3.8, 4) is 11.6 Å². The van der Waals surface area contributed by atoms with Crippen molar-refractivity contribution in [1.82, 2.24) is 9.55 Å². The second kappa shape index (κ2) is 7.18. The van der Waals surface area contributed by atoms with Crippen molar-refractivity contribution in [2.24, 2.45) is 9.98 Å². The molecular weight excluding hydrogens is 472 g/mol. The van der Waals surface area contributed by atoms with E-state index < -0.39 is 0 Å². The van der Waals surface area contributed by atoms with Gasteiger partial charge in [0.25, 0.3) is 5.91 Å². The summed E-state index contributed by atoms with van der Waals surface area (Å²) in [7, 11) is 0. The average molecular weight is 483 g/mol. The summed E-state index contributed by atoms with van der Waals surface area (Å²) in [5.74, 6) is -0.432. The number of hydrogen-bond donors (Lipinski definition) is 1. The molecule has 0 aliphatic carbocycles. The molecule has 0 spiro atoms. The number of halogens is 1. The topological polar surface area (TPSA) is 79.8 Å². The summed E-state index contributed by atoms with van der Waals surface area (Å²) >= 11 is 6.07. The second-order valence-corrected chi connectivity index (χ2v) is 8.85. The predicted octanol–water partition coefficient (Wildman–Crippen LogP) is 3.05. The first-order valence-electron chi connectivity index (χ1n) is 8.49. The molecule has 6 nitrogen and oxygen atoms in total. The number of aromatic nitrogens is 2. The lowest BCUT2D eigenvalue weighted by Crippen LogP contribution is -2.22. The van der Waals surface area contributed by atoms with Gasteiger partial charge in [-0.2, -0.15) is 4.99 Å². The molecule has 9 heteroatoms. The molecule has 0 saturated heterocycles. The highest BCUT2D eigenvalue weighted by atomic mass is 79.9. The number of aromatic hydroxyl groups is 1. The minimum atomic E-state index is -0.379. The Bertz CT molecular complexity index is 1440. The van der Waals surface area contributed by atoms with Gasteiger partial charge in [0.15, 0.2) is 4.80 Å². The summed E-state index contributed by atoms with van der Waals surface area (Å²) in [5, 5.41) is 14.8. The van der Waals surface area contributed by atoms with Crippen molar-refractivity contribution in [2.75, 3.05) is 0 Å². The zero-order valence-corrected chi connectivity index (χ0v) is 17.8. The molecule has 3 heterocycles. The Morgan fingerprint density at radius 1 is 1.14 bits per heavy atom. The van der Waals surface area contributed by atoms with E-state index in [0.29, 0.717) is 31.0 Å². The van der Waals surface area contributed by atoms with Gasteiger partial charge in [-0.3, -0.25) is 9.36 Å². The Kier molecular flexibility index (Phi) is 4.50. The van der Waals surface area contributed by atoms with Crippen LogP contribution in [0.4, 0.5) is 5.13 Å². The lowest BCUT2D eigenvalue weighted by molar-refractivity contribution is -0.112. The molecule has 0 radical (unpaired) electrons. The number of nitrogens with zero attached hydrogens (tertiary/aromatic N) is 4. The first-order valence-corrected chi connectivity index (χ1v) is 11.0. The van der Waals surface area contributed by atoms with Crippen molar-refractivity contribution in [1.29, 1.82) is 0 Å². The van der Waals surface area contributed by atoms with Crippen molar-refractivity contribution < 1.29 is 9.90 Å². The molecule has 0 unspecified atom stereocenters. The van der Waals surface area contributed by atoms with Gasteiger partial charge >= 0.3 is 0 Å². The Balaban J connectivity index is 1.85. The predicted molar refractivity (Wildman–Crippen MR) is 115 cm³/mol. The van der Waals surface area contributed by atoms with Crippen LogP contribution >= 0.6 is 38.6 Å². The van der Waals surface area contributed by atoms with Gasteiger partial charge in [0.05, 0.1) is 16.6 Å². The molecule has 0 bridgehead atoms. The van der Waals surface area contributed by atoms with E-state index >= 15 is 0 Å². The highest BCUT2D eigenvalue weighted by Crippen LogP contribution is 2.31. The summed E-state index contributed by atoms with van der Waals surface area (Å²) in [6, 6.07) is 14.8. The lowest BCUT2D eigenvalue weighted by atomic mass is 10.1. The van der Waals surface area contributed by atoms with Gasteiger partial charge < -0.3 is 5.11 Å². The van der Waals surface area contributed by atoms with Crippen molar-refractivity contribution in [3.05, 3.63) is 84.8 Å². The monoisotopic (exact) mass is 482 g/mol. The molecule has 2 aromatic carbocycles. The van der Waals surface area contributed by atoms with Crippen LogP contribution in [0.2, 0.25) is 0 Å². The van der Waals surface area contributed by atoms with Crippen molar-refractivity contribution >= 4 is 55.2 Å². The van der Waals surface area contributed by atoms with Crippen LogP contribution in [0, 0.1) is 0 Å². The fourth-order valence-corrected chi connectivity index (χ4v) is 5.08. The minimum Gasteiger partial charge on any atom is -0.493 e. The molecule has 5 rings (SSSR count). The maximum absolute atomic E-state index is 12.7. The molecule has 1 aliphatic heterocycles. The summed E-state index contributed by atoms with van der Waals surface area (Å²) in [5.41, 5.74) is 1.11. The first-order chi connectivity index (χ1) is 14.1. The zero-order valence-electron chi connectivity index (χ0n) is 14.6. The van der Waals surface area contributed by atoms with Crippen LogP contribution in [0.25, 0.3) is 11.3 Å². The maximum atomic E-state index is 12.7. The van der Waals surface area contributed by atoms with Crippen LogP contribution in [0.1, 0.15) is 4.88 Å². The molecule has 1 N–H and O–H groups in total. The Hall–Kier alpha value is -2.88. The number of carbonyl (C=O) groups excluding carboxylic acids is 1. The van der Waals surface area contributed by atoms with Gasteiger partial charge in [0.1, 0.15) is 4.88 Å². The van der Waals surface area contributed by atoms with Crippen LogP contribution in [-0.4, -0.2) is 20.6 Å². The van der Waals surface area contributed by atoms with E-state index in [4.69, 9.17) is 0 Å². The van der Waals surface area contributed by atoms with E-state index in [1.165, 1.54) is 22.7 Å². The van der Waals surface area contributed by atoms with Gasteiger partial charge in [-0.25, -0.2) is 9.98 Å². The standard InChI is InChI=1S/C20H11BrN4O2S2/c21-11-6-7-14-13(10-11)15(17(26)23-14)16-18(27)25(12-4-2-1-3-5-12)20(29-16)24-19-22-8-9-28-19/h1-10,27H/b24-20+. The molecule has 4 aromatic rings. The highest BCUT2D eigenvalue weighted by Gasteiger charge is 2.26. The maximum Gasteiger partial charge on any atom is 0.279 e. The van der Waals surface area contributed by atoms with Crippen LogP contribution in [0.15, 0.2) is 74.6 Å². The third-order valence-corrected chi connectivity index (χ3v) is 6.52. The smallest absolute Gasteiger partial charge is 0.279 e. The molecule has 1 amide bonds. The summed E-state index contributed by atoms with van der Waals surface area (Å²) < 4.78 is 2.45. The molecule has 0 atom stereocenters. The summed E-state index contributed by atoms with van der Waals surface area (Å²) in [6.07, 6.45) is 1.67. The van der Waals surface area contributed by atoms with Gasteiger partial charge in [0.2, 0.25) is 11.0 Å². The fraction of sp³-hybridized carbons (Fsp3) is 0. The Morgan fingerprint density at radius 3 is 2.72 bits per heavy atom. The van der Waals surface area contributed by atoms with Gasteiger partial charge in [-0.05, 0) is 30.3 Å². The summed E-state index contributed by atoms with van der Waals surface area (Å²) in [4.78, 5) is 26.6. The van der Waals surface area contributed by atoms with Crippen LogP contribution < -0.4 is 15.4 Å². The third kappa shape index (κ3) is 3.17. The summed E-state index contributed by atoms with van der Waals surface area (Å²) in [6.45, 7) is 0. The fourth-order valence-electron chi connectivity index (χ4n) is 3.08. The normalized spacial score (nSPS) is 13.6. The number of hydrogen-bond acceptors (Lipinski definition) is 6. The van der Waals surface area contributed by atoms with Gasteiger partial charge in [-0.1, -0.05) is 45.5 Å².